The van der Waals surface area contributed by atoms with Gasteiger partial charge < -0.3 is 14.6 Å². The van der Waals surface area contributed by atoms with Crippen LogP contribution in [0, 0.1) is 5.92 Å². The fourth-order valence-electron chi connectivity index (χ4n) is 4.97. The number of nitrogens with zero attached hydrogens (tertiary/aromatic N) is 3. The van der Waals surface area contributed by atoms with Crippen LogP contribution in [-0.2, 0) is 18.3 Å². The van der Waals surface area contributed by atoms with Crippen molar-refractivity contribution in [1.82, 2.24) is 14.4 Å². The Kier molecular flexibility index (Phi) is 5.15. The maximum absolute atomic E-state index is 12.8. The number of hydrogen-bond donors (Lipinski definition) is 1. The number of rotatable bonds is 4. The molecular weight excluding hydrogens is 354 g/mol. The van der Waals surface area contributed by atoms with E-state index in [1.807, 2.05) is 26.2 Å². The van der Waals surface area contributed by atoms with Gasteiger partial charge in [0.05, 0.1) is 11.6 Å². The van der Waals surface area contributed by atoms with E-state index in [2.05, 4.69) is 15.9 Å². The Morgan fingerprint density at radius 2 is 1.86 bits per heavy atom. The molecule has 4 rings (SSSR count). The lowest BCUT2D eigenvalue weighted by Crippen LogP contribution is -2.47. The zero-order valence-electron chi connectivity index (χ0n) is 16.7. The summed E-state index contributed by atoms with van der Waals surface area (Å²) in [5.74, 6) is -0.0680. The van der Waals surface area contributed by atoms with Gasteiger partial charge in [0, 0.05) is 25.5 Å². The largest absolute Gasteiger partial charge is 0.477 e. The minimum Gasteiger partial charge on any atom is -0.477 e. The van der Waals surface area contributed by atoms with Crippen LogP contribution in [-0.4, -0.2) is 64.1 Å². The van der Waals surface area contributed by atoms with Crippen LogP contribution in [0.25, 0.3) is 10.9 Å². The second-order valence-corrected chi connectivity index (χ2v) is 8.36. The highest BCUT2D eigenvalue weighted by atomic mass is 16.4. The molecule has 2 aliphatic heterocycles. The molecule has 6 heteroatoms. The smallest absolute Gasteiger partial charge is 0.352 e. The van der Waals surface area contributed by atoms with Crippen LogP contribution in [0.5, 0.6) is 0 Å². The molecular formula is C22H29N3O3. The summed E-state index contributed by atoms with van der Waals surface area (Å²) in [5, 5.41) is 10.4. The standard InChI is InChI=1S/C22H29N3O3/c1-23-10-4-7-18(23)21(26)25-11-8-15(9-12-25)13-16-5-3-6-17-14-19(22(27)28)24(2)20(16)17/h3,5-6,14-15,18H,4,7-13H2,1-2H3,(H,27,28)/t18-/m1/s1. The first-order valence-corrected chi connectivity index (χ1v) is 10.3. The number of carbonyl (C=O) groups excluding carboxylic acids is 1. The summed E-state index contributed by atoms with van der Waals surface area (Å²) in [6.07, 6.45) is 5.04. The van der Waals surface area contributed by atoms with Crippen LogP contribution in [0.2, 0.25) is 0 Å². The molecule has 0 bridgehead atoms. The molecule has 150 valence electrons. The summed E-state index contributed by atoms with van der Waals surface area (Å²) in [6.45, 7) is 2.68. The van der Waals surface area contributed by atoms with Crippen molar-refractivity contribution >= 4 is 22.8 Å². The maximum atomic E-state index is 12.8. The number of aromatic carboxylic acids is 1. The Morgan fingerprint density at radius 3 is 2.50 bits per heavy atom. The topological polar surface area (TPSA) is 65.8 Å². The molecule has 2 aliphatic rings. The van der Waals surface area contributed by atoms with Gasteiger partial charge in [0.25, 0.3) is 0 Å². The average molecular weight is 383 g/mol. The van der Waals surface area contributed by atoms with Gasteiger partial charge in [-0.1, -0.05) is 18.2 Å². The molecule has 0 spiro atoms. The lowest BCUT2D eigenvalue weighted by atomic mass is 9.89. The number of likely N-dealkylation sites (tertiary alicyclic amines) is 2. The molecule has 1 atom stereocenters. The average Bonchev–Trinajstić information content (AvgIpc) is 3.26. The van der Waals surface area contributed by atoms with Crippen LogP contribution in [0.1, 0.15) is 41.7 Å². The third-order valence-electron chi connectivity index (χ3n) is 6.60. The normalized spacial score (nSPS) is 21.5. The van der Waals surface area contributed by atoms with Crippen molar-refractivity contribution in [1.29, 1.82) is 0 Å². The Balaban J connectivity index is 1.44. The maximum Gasteiger partial charge on any atom is 0.352 e. The number of benzene rings is 1. The van der Waals surface area contributed by atoms with Gasteiger partial charge in [-0.25, -0.2) is 4.79 Å². The summed E-state index contributed by atoms with van der Waals surface area (Å²) < 4.78 is 1.79. The number of aryl methyl sites for hydroxylation is 1. The number of para-hydroxylation sites is 1. The second-order valence-electron chi connectivity index (χ2n) is 8.36. The van der Waals surface area contributed by atoms with E-state index in [1.165, 1.54) is 5.56 Å². The van der Waals surface area contributed by atoms with E-state index >= 15 is 0 Å². The first-order valence-electron chi connectivity index (χ1n) is 10.3. The summed E-state index contributed by atoms with van der Waals surface area (Å²) in [5.41, 5.74) is 2.54. The van der Waals surface area contributed by atoms with E-state index in [-0.39, 0.29) is 6.04 Å². The van der Waals surface area contributed by atoms with Crippen molar-refractivity contribution in [3.63, 3.8) is 0 Å². The molecule has 1 aromatic heterocycles. The number of carboxylic acids is 1. The second kappa shape index (κ2) is 7.59. The summed E-state index contributed by atoms with van der Waals surface area (Å²) in [6, 6.07) is 7.92. The molecule has 2 aromatic rings. The van der Waals surface area contributed by atoms with Gasteiger partial charge in [-0.2, -0.15) is 0 Å². The van der Waals surface area contributed by atoms with Gasteiger partial charge in [-0.15, -0.1) is 0 Å². The highest BCUT2D eigenvalue weighted by Crippen LogP contribution is 2.29. The summed E-state index contributed by atoms with van der Waals surface area (Å²) >= 11 is 0. The minimum atomic E-state index is -0.895. The van der Waals surface area contributed by atoms with E-state index in [9.17, 15) is 14.7 Å². The van der Waals surface area contributed by atoms with E-state index in [4.69, 9.17) is 0 Å². The molecule has 2 fully saturated rings. The highest BCUT2D eigenvalue weighted by molar-refractivity contribution is 5.95. The third kappa shape index (κ3) is 3.41. The van der Waals surface area contributed by atoms with Crippen LogP contribution in [0.15, 0.2) is 24.3 Å². The molecule has 1 amide bonds. The molecule has 0 aliphatic carbocycles. The van der Waals surface area contributed by atoms with E-state index < -0.39 is 5.97 Å². The van der Waals surface area contributed by atoms with Gasteiger partial charge in [0.15, 0.2) is 0 Å². The number of carbonyl (C=O) groups is 2. The predicted octanol–water partition coefficient (Wildman–Crippen LogP) is 2.75. The number of fused-ring (bicyclic) bond motifs is 1. The Hall–Kier alpha value is -2.34. The van der Waals surface area contributed by atoms with Gasteiger partial charge in [-0.3, -0.25) is 9.69 Å². The van der Waals surface area contributed by atoms with E-state index in [0.29, 0.717) is 17.5 Å². The minimum absolute atomic E-state index is 0.0723. The predicted molar refractivity (Wildman–Crippen MR) is 109 cm³/mol. The van der Waals surface area contributed by atoms with Crippen molar-refractivity contribution in [2.75, 3.05) is 26.7 Å². The van der Waals surface area contributed by atoms with Crippen molar-refractivity contribution in [2.24, 2.45) is 13.0 Å². The van der Waals surface area contributed by atoms with E-state index in [1.54, 1.807) is 10.6 Å². The molecule has 1 aromatic carbocycles. The molecule has 6 nitrogen and oxygen atoms in total. The SMILES string of the molecule is CN1CCC[C@@H]1C(=O)N1CCC(Cc2cccc3cc(C(=O)O)n(C)c23)CC1. The number of amides is 1. The van der Waals surface area contributed by atoms with E-state index in [0.717, 1.165) is 62.6 Å². The van der Waals surface area contributed by atoms with Crippen LogP contribution in [0.3, 0.4) is 0 Å². The monoisotopic (exact) mass is 383 g/mol. The number of hydrogen-bond acceptors (Lipinski definition) is 3. The van der Waals surface area contributed by atoms with Crippen LogP contribution >= 0.6 is 0 Å². The molecule has 0 saturated carbocycles. The Morgan fingerprint density at radius 1 is 1.11 bits per heavy atom. The fraction of sp³-hybridized carbons (Fsp3) is 0.545. The van der Waals surface area contributed by atoms with Gasteiger partial charge in [-0.05, 0) is 63.2 Å². The van der Waals surface area contributed by atoms with Gasteiger partial charge in [0.1, 0.15) is 5.69 Å². The summed E-state index contributed by atoms with van der Waals surface area (Å²) in [7, 11) is 3.88. The van der Waals surface area contributed by atoms with Gasteiger partial charge >= 0.3 is 5.97 Å². The number of carboxylic acid groups (broad SMARTS) is 1. The first kappa shape index (κ1) is 19.0. The Bertz CT molecular complexity index is 896. The zero-order valence-corrected chi connectivity index (χ0v) is 16.7. The molecule has 3 heterocycles. The number of aromatic nitrogens is 1. The summed E-state index contributed by atoms with van der Waals surface area (Å²) in [4.78, 5) is 28.5. The van der Waals surface area contributed by atoms with Crippen molar-refractivity contribution in [3.8, 4) is 0 Å². The van der Waals surface area contributed by atoms with Crippen molar-refractivity contribution in [3.05, 3.63) is 35.5 Å². The zero-order chi connectivity index (χ0) is 19.8. The quantitative estimate of drug-likeness (QED) is 0.882. The number of piperidine rings is 1. The highest BCUT2D eigenvalue weighted by Gasteiger charge is 2.33. The van der Waals surface area contributed by atoms with Crippen LogP contribution in [0.4, 0.5) is 0 Å². The van der Waals surface area contributed by atoms with Gasteiger partial charge in [0.2, 0.25) is 5.91 Å². The van der Waals surface area contributed by atoms with Crippen molar-refractivity contribution < 1.29 is 14.7 Å². The molecule has 0 unspecified atom stereocenters. The molecule has 2 saturated heterocycles. The molecule has 28 heavy (non-hydrogen) atoms. The Labute approximate surface area is 165 Å². The lowest BCUT2D eigenvalue weighted by molar-refractivity contribution is -0.137. The van der Waals surface area contributed by atoms with Crippen LogP contribution < -0.4 is 0 Å². The lowest BCUT2D eigenvalue weighted by Gasteiger charge is -2.35. The molecule has 0 radical (unpaired) electrons. The third-order valence-corrected chi connectivity index (χ3v) is 6.60. The number of likely N-dealkylation sites (N-methyl/N-ethyl adjacent to an activating group) is 1. The fourth-order valence-corrected chi connectivity index (χ4v) is 4.97. The van der Waals surface area contributed by atoms with Crippen molar-refractivity contribution in [2.45, 2.75) is 38.1 Å². The first-order chi connectivity index (χ1) is 13.5. The molecule has 1 N–H and O–H groups in total.